The van der Waals surface area contributed by atoms with Gasteiger partial charge in [0.2, 0.25) is 0 Å². The molecule has 0 aromatic heterocycles. The molecule has 0 saturated carbocycles. The molecule has 1 aliphatic heterocycles. The largest absolute Gasteiger partial charge is 0.493 e. The average Bonchev–Trinajstić information content (AvgIpc) is 3.19. The SMILES string of the molecule is COc1ccc(C(CS(C)(=O)=O)C2C=CCS2)cc1OCc1ccccc1. The smallest absolute Gasteiger partial charge is 0.161 e. The lowest BCUT2D eigenvalue weighted by atomic mass is 9.96. The van der Waals surface area contributed by atoms with Gasteiger partial charge in [-0.25, -0.2) is 8.42 Å². The summed E-state index contributed by atoms with van der Waals surface area (Å²) >= 11 is 1.76. The van der Waals surface area contributed by atoms with Crippen molar-refractivity contribution in [3.8, 4) is 11.5 Å². The second-order valence-electron chi connectivity index (χ2n) is 6.61. The van der Waals surface area contributed by atoms with Crippen molar-refractivity contribution < 1.29 is 17.9 Å². The van der Waals surface area contributed by atoms with Crippen LogP contribution in [0.25, 0.3) is 0 Å². The van der Waals surface area contributed by atoms with Crippen LogP contribution >= 0.6 is 11.8 Å². The van der Waals surface area contributed by atoms with E-state index in [9.17, 15) is 8.42 Å². The van der Waals surface area contributed by atoms with Crippen LogP contribution in [-0.4, -0.2) is 38.5 Å². The zero-order valence-corrected chi connectivity index (χ0v) is 17.1. The highest BCUT2D eigenvalue weighted by atomic mass is 32.2. The van der Waals surface area contributed by atoms with E-state index in [1.807, 2.05) is 48.5 Å². The molecule has 1 heterocycles. The molecular weight excluding hydrogens is 380 g/mol. The lowest BCUT2D eigenvalue weighted by Gasteiger charge is -2.23. The first-order valence-corrected chi connectivity index (χ1v) is 11.9. The van der Waals surface area contributed by atoms with Gasteiger partial charge < -0.3 is 9.47 Å². The van der Waals surface area contributed by atoms with E-state index in [-0.39, 0.29) is 16.9 Å². The molecule has 1 aliphatic rings. The van der Waals surface area contributed by atoms with Crippen molar-refractivity contribution in [2.45, 2.75) is 17.8 Å². The standard InChI is InChI=1S/C21H24O4S2/c1-24-19-11-10-17(13-20(19)25-14-16-7-4-3-5-8-16)18(15-27(2,22)23)21-9-6-12-26-21/h3-11,13,18,21H,12,14-15H2,1-2H3. The Balaban J connectivity index is 1.88. The van der Waals surface area contributed by atoms with E-state index in [2.05, 4.69) is 12.2 Å². The zero-order chi connectivity index (χ0) is 19.3. The van der Waals surface area contributed by atoms with E-state index in [4.69, 9.17) is 9.47 Å². The molecule has 2 atom stereocenters. The van der Waals surface area contributed by atoms with E-state index in [0.717, 1.165) is 16.9 Å². The van der Waals surface area contributed by atoms with Crippen molar-refractivity contribution >= 4 is 21.6 Å². The van der Waals surface area contributed by atoms with Gasteiger partial charge in [0.25, 0.3) is 0 Å². The van der Waals surface area contributed by atoms with E-state index >= 15 is 0 Å². The molecular formula is C21H24O4S2. The van der Waals surface area contributed by atoms with Gasteiger partial charge in [0.1, 0.15) is 16.4 Å². The molecule has 0 aliphatic carbocycles. The van der Waals surface area contributed by atoms with Gasteiger partial charge >= 0.3 is 0 Å². The number of benzene rings is 2. The predicted molar refractivity (Wildman–Crippen MR) is 112 cm³/mol. The summed E-state index contributed by atoms with van der Waals surface area (Å²) in [6, 6.07) is 15.6. The third kappa shape index (κ3) is 5.53. The summed E-state index contributed by atoms with van der Waals surface area (Å²) in [5.41, 5.74) is 2.01. The minimum absolute atomic E-state index is 0.111. The fraction of sp³-hybridized carbons (Fsp3) is 0.333. The molecule has 6 heteroatoms. The molecule has 0 bridgehead atoms. The Morgan fingerprint density at radius 2 is 1.93 bits per heavy atom. The Morgan fingerprint density at radius 1 is 1.15 bits per heavy atom. The predicted octanol–water partition coefficient (Wildman–Crippen LogP) is 4.07. The van der Waals surface area contributed by atoms with Crippen LogP contribution in [0.1, 0.15) is 17.0 Å². The highest BCUT2D eigenvalue weighted by Crippen LogP contribution is 2.38. The van der Waals surface area contributed by atoms with Crippen LogP contribution < -0.4 is 9.47 Å². The molecule has 2 aromatic carbocycles. The molecule has 4 nitrogen and oxygen atoms in total. The quantitative estimate of drug-likeness (QED) is 0.621. The van der Waals surface area contributed by atoms with Gasteiger partial charge in [0.05, 0.1) is 12.9 Å². The first-order chi connectivity index (χ1) is 13.0. The van der Waals surface area contributed by atoms with Gasteiger partial charge in [-0.1, -0.05) is 48.6 Å². The summed E-state index contributed by atoms with van der Waals surface area (Å²) in [5.74, 6) is 2.18. The number of hydrogen-bond acceptors (Lipinski definition) is 5. The maximum Gasteiger partial charge on any atom is 0.161 e. The van der Waals surface area contributed by atoms with E-state index in [0.29, 0.717) is 18.1 Å². The van der Waals surface area contributed by atoms with Gasteiger partial charge in [-0.2, -0.15) is 0 Å². The molecule has 2 unspecified atom stereocenters. The van der Waals surface area contributed by atoms with Crippen LogP contribution in [0.15, 0.2) is 60.7 Å². The van der Waals surface area contributed by atoms with Crippen molar-refractivity contribution in [2.24, 2.45) is 0 Å². The van der Waals surface area contributed by atoms with E-state index in [1.165, 1.54) is 6.26 Å². The van der Waals surface area contributed by atoms with Crippen molar-refractivity contribution in [2.75, 3.05) is 24.9 Å². The topological polar surface area (TPSA) is 52.6 Å². The molecule has 0 saturated heterocycles. The van der Waals surface area contributed by atoms with Crippen molar-refractivity contribution in [3.63, 3.8) is 0 Å². The Kier molecular flexibility index (Phi) is 6.50. The summed E-state index contributed by atoms with van der Waals surface area (Å²) in [6.45, 7) is 0.426. The average molecular weight is 405 g/mol. The summed E-state index contributed by atoms with van der Waals surface area (Å²) in [7, 11) is -1.51. The molecule has 0 spiro atoms. The van der Waals surface area contributed by atoms with Crippen LogP contribution in [0, 0.1) is 0 Å². The van der Waals surface area contributed by atoms with E-state index < -0.39 is 9.84 Å². The maximum atomic E-state index is 12.0. The lowest BCUT2D eigenvalue weighted by molar-refractivity contribution is 0.284. The molecule has 0 amide bonds. The fourth-order valence-electron chi connectivity index (χ4n) is 3.14. The Morgan fingerprint density at radius 3 is 2.56 bits per heavy atom. The number of ether oxygens (including phenoxy) is 2. The number of hydrogen-bond donors (Lipinski definition) is 0. The first kappa shape index (κ1) is 19.8. The Bertz CT molecular complexity index is 892. The molecule has 0 N–H and O–H groups in total. The molecule has 27 heavy (non-hydrogen) atoms. The van der Waals surface area contributed by atoms with Crippen LogP contribution in [0.2, 0.25) is 0 Å². The zero-order valence-electron chi connectivity index (χ0n) is 15.5. The first-order valence-electron chi connectivity index (χ1n) is 8.77. The minimum atomic E-state index is -3.11. The van der Waals surface area contributed by atoms with Crippen molar-refractivity contribution in [3.05, 3.63) is 71.8 Å². The maximum absolute atomic E-state index is 12.0. The van der Waals surface area contributed by atoms with Crippen molar-refractivity contribution in [1.82, 2.24) is 0 Å². The lowest BCUT2D eigenvalue weighted by Crippen LogP contribution is -2.21. The van der Waals surface area contributed by atoms with E-state index in [1.54, 1.807) is 18.9 Å². The second-order valence-corrected chi connectivity index (χ2v) is 10.0. The summed E-state index contributed by atoms with van der Waals surface area (Å²) < 4.78 is 35.4. The van der Waals surface area contributed by atoms with Crippen LogP contribution in [0.5, 0.6) is 11.5 Å². The monoisotopic (exact) mass is 404 g/mol. The summed E-state index contributed by atoms with van der Waals surface area (Å²) in [6.07, 6.45) is 5.50. The number of thioether (sulfide) groups is 1. The van der Waals surface area contributed by atoms with Gasteiger partial charge in [-0.05, 0) is 23.3 Å². The Hall–Kier alpha value is -1.92. The van der Waals surface area contributed by atoms with Gasteiger partial charge in [-0.3, -0.25) is 0 Å². The van der Waals surface area contributed by atoms with Crippen LogP contribution in [-0.2, 0) is 16.4 Å². The highest BCUT2D eigenvalue weighted by molar-refractivity contribution is 8.00. The summed E-state index contributed by atoms with van der Waals surface area (Å²) in [5, 5.41) is 0.148. The van der Waals surface area contributed by atoms with Crippen LogP contribution in [0.4, 0.5) is 0 Å². The molecule has 144 valence electrons. The third-order valence-electron chi connectivity index (χ3n) is 4.44. The minimum Gasteiger partial charge on any atom is -0.493 e. The fourth-order valence-corrected chi connectivity index (χ4v) is 5.47. The number of sulfone groups is 1. The molecule has 0 fully saturated rings. The van der Waals surface area contributed by atoms with Gasteiger partial charge in [0.15, 0.2) is 11.5 Å². The number of rotatable bonds is 8. The normalized spacial score (nSPS) is 17.6. The molecule has 0 radical (unpaired) electrons. The second kappa shape index (κ2) is 8.85. The van der Waals surface area contributed by atoms with Crippen LogP contribution in [0.3, 0.4) is 0 Å². The third-order valence-corrected chi connectivity index (χ3v) is 6.66. The molecule has 2 aromatic rings. The summed E-state index contributed by atoms with van der Waals surface area (Å²) in [4.78, 5) is 0. The van der Waals surface area contributed by atoms with Gasteiger partial charge in [0, 0.05) is 23.2 Å². The highest BCUT2D eigenvalue weighted by Gasteiger charge is 2.28. The van der Waals surface area contributed by atoms with Crippen molar-refractivity contribution in [1.29, 1.82) is 0 Å². The van der Waals surface area contributed by atoms with Gasteiger partial charge in [-0.15, -0.1) is 11.8 Å². The number of methoxy groups -OCH3 is 1. The Labute approximate surface area is 165 Å². The molecule has 3 rings (SSSR count).